The minimum atomic E-state index is 0. The smallest absolute Gasteiger partial charge is 0.0950 e. The molecule has 0 spiro atoms. The summed E-state index contributed by atoms with van der Waals surface area (Å²) in [6.07, 6.45) is 3.28. The lowest BCUT2D eigenvalue weighted by atomic mass is 10.2. The topological polar surface area (TPSA) is 39.2 Å². The van der Waals surface area contributed by atoms with Crippen molar-refractivity contribution in [1.29, 1.82) is 0 Å². The summed E-state index contributed by atoms with van der Waals surface area (Å²) in [7, 11) is 0. The van der Waals surface area contributed by atoms with Crippen LogP contribution in [0.25, 0.3) is 0 Å². The molecule has 0 saturated carbocycles. The highest BCUT2D eigenvalue weighted by molar-refractivity contribution is 5.85. The zero-order valence-electron chi connectivity index (χ0n) is 5.20. The van der Waals surface area contributed by atoms with E-state index < -0.39 is 0 Å². The van der Waals surface area contributed by atoms with Gasteiger partial charge >= 0.3 is 0 Å². The molecule has 0 aliphatic carbocycles. The summed E-state index contributed by atoms with van der Waals surface area (Å²) < 4.78 is 4.80. The fourth-order valence-corrected chi connectivity index (χ4v) is 0.534. The Balaban J connectivity index is 0.000000640. The van der Waals surface area contributed by atoms with Crippen LogP contribution in [0.2, 0.25) is 0 Å². The monoisotopic (exact) mass is 147 g/mol. The van der Waals surface area contributed by atoms with Gasteiger partial charge in [0.15, 0.2) is 0 Å². The first-order valence-corrected chi connectivity index (χ1v) is 2.58. The summed E-state index contributed by atoms with van der Waals surface area (Å²) in [4.78, 5) is 0. The number of nitrogens with two attached hydrogens (primary N) is 1. The van der Waals surface area contributed by atoms with Crippen molar-refractivity contribution < 1.29 is 4.42 Å². The van der Waals surface area contributed by atoms with Gasteiger partial charge in [0.2, 0.25) is 0 Å². The zero-order chi connectivity index (χ0) is 5.98. The maximum Gasteiger partial charge on any atom is 0.0950 e. The summed E-state index contributed by atoms with van der Waals surface area (Å²) >= 11 is 0. The molecule has 3 heteroatoms. The molecular formula is C6H10ClNO. The zero-order valence-corrected chi connectivity index (χ0v) is 6.02. The third-order valence-electron chi connectivity index (χ3n) is 1.07. The van der Waals surface area contributed by atoms with Crippen LogP contribution in [0.15, 0.2) is 23.0 Å². The van der Waals surface area contributed by atoms with Crippen molar-refractivity contribution >= 4 is 12.4 Å². The number of hydrogen-bond acceptors (Lipinski definition) is 2. The second kappa shape index (κ2) is 3.54. The SMILES string of the molecule is C[C@@H](N)c1ccoc1.Cl. The van der Waals surface area contributed by atoms with E-state index in [1.165, 1.54) is 0 Å². The lowest BCUT2D eigenvalue weighted by molar-refractivity contribution is 0.561. The quantitative estimate of drug-likeness (QED) is 0.657. The third kappa shape index (κ3) is 2.08. The molecule has 0 amide bonds. The van der Waals surface area contributed by atoms with Crippen LogP contribution >= 0.6 is 12.4 Å². The number of halogens is 1. The van der Waals surface area contributed by atoms with Crippen molar-refractivity contribution in [2.24, 2.45) is 5.73 Å². The van der Waals surface area contributed by atoms with Gasteiger partial charge in [-0.3, -0.25) is 0 Å². The lowest BCUT2D eigenvalue weighted by Crippen LogP contribution is -2.02. The maximum absolute atomic E-state index is 5.50. The average molecular weight is 148 g/mol. The predicted octanol–water partition coefficient (Wildman–Crippen LogP) is 1.72. The molecule has 1 aromatic rings. The lowest BCUT2D eigenvalue weighted by Gasteiger charge is -1.95. The molecule has 1 heterocycles. The van der Waals surface area contributed by atoms with Crippen molar-refractivity contribution in [3.8, 4) is 0 Å². The minimum absolute atomic E-state index is 0. The van der Waals surface area contributed by atoms with Gasteiger partial charge in [0.1, 0.15) is 0 Å². The Hall–Kier alpha value is -0.470. The minimum Gasteiger partial charge on any atom is -0.472 e. The van der Waals surface area contributed by atoms with Crippen LogP contribution in [0.5, 0.6) is 0 Å². The van der Waals surface area contributed by atoms with Crippen LogP contribution in [-0.2, 0) is 0 Å². The van der Waals surface area contributed by atoms with Crippen molar-refractivity contribution in [1.82, 2.24) is 0 Å². The summed E-state index contributed by atoms with van der Waals surface area (Å²) in [5.74, 6) is 0. The Kier molecular flexibility index (Phi) is 3.35. The maximum atomic E-state index is 5.50. The molecule has 0 bridgehead atoms. The molecule has 0 aliphatic heterocycles. The Morgan fingerprint density at radius 3 is 2.56 bits per heavy atom. The van der Waals surface area contributed by atoms with Gasteiger partial charge in [-0.05, 0) is 13.0 Å². The largest absolute Gasteiger partial charge is 0.472 e. The summed E-state index contributed by atoms with van der Waals surface area (Å²) in [5, 5.41) is 0. The molecule has 0 fully saturated rings. The number of hydrogen-bond donors (Lipinski definition) is 1. The highest BCUT2D eigenvalue weighted by Gasteiger charge is 1.96. The van der Waals surface area contributed by atoms with Gasteiger partial charge in [-0.1, -0.05) is 0 Å². The molecule has 9 heavy (non-hydrogen) atoms. The van der Waals surface area contributed by atoms with Crippen molar-refractivity contribution in [2.75, 3.05) is 0 Å². The van der Waals surface area contributed by atoms with Gasteiger partial charge in [0.05, 0.1) is 12.5 Å². The fraction of sp³-hybridized carbons (Fsp3) is 0.333. The molecule has 0 aliphatic rings. The normalized spacial score (nSPS) is 12.2. The number of rotatable bonds is 1. The molecule has 0 saturated heterocycles. The van der Waals surface area contributed by atoms with Gasteiger partial charge < -0.3 is 10.2 Å². The molecule has 2 N–H and O–H groups in total. The first kappa shape index (κ1) is 8.53. The van der Waals surface area contributed by atoms with Gasteiger partial charge in [-0.2, -0.15) is 0 Å². The molecule has 1 aromatic heterocycles. The van der Waals surface area contributed by atoms with Crippen molar-refractivity contribution in [3.63, 3.8) is 0 Å². The Labute approximate surface area is 60.4 Å². The van der Waals surface area contributed by atoms with E-state index in [0.29, 0.717) is 0 Å². The van der Waals surface area contributed by atoms with E-state index in [9.17, 15) is 0 Å². The third-order valence-corrected chi connectivity index (χ3v) is 1.07. The van der Waals surface area contributed by atoms with E-state index in [1.54, 1.807) is 12.5 Å². The van der Waals surface area contributed by atoms with Crippen LogP contribution in [0.3, 0.4) is 0 Å². The van der Waals surface area contributed by atoms with Gasteiger partial charge in [0.25, 0.3) is 0 Å². The van der Waals surface area contributed by atoms with Crippen LogP contribution in [0.4, 0.5) is 0 Å². The Morgan fingerprint density at radius 2 is 2.33 bits per heavy atom. The summed E-state index contributed by atoms with van der Waals surface area (Å²) in [6.45, 7) is 1.92. The van der Waals surface area contributed by atoms with Gasteiger partial charge in [0, 0.05) is 11.6 Å². The fourth-order valence-electron chi connectivity index (χ4n) is 0.534. The van der Waals surface area contributed by atoms with Crippen LogP contribution < -0.4 is 5.73 Å². The molecule has 2 nitrogen and oxygen atoms in total. The first-order valence-electron chi connectivity index (χ1n) is 2.58. The van der Waals surface area contributed by atoms with Crippen LogP contribution in [0.1, 0.15) is 18.5 Å². The molecular weight excluding hydrogens is 138 g/mol. The standard InChI is InChI=1S/C6H9NO.ClH/c1-5(7)6-2-3-8-4-6;/h2-5H,7H2,1H3;1H/t5-;/m1./s1. The van der Waals surface area contributed by atoms with E-state index in [-0.39, 0.29) is 18.4 Å². The second-order valence-corrected chi connectivity index (χ2v) is 1.85. The molecule has 1 atom stereocenters. The van der Waals surface area contributed by atoms with E-state index in [2.05, 4.69) is 0 Å². The number of furan rings is 1. The first-order chi connectivity index (χ1) is 3.80. The molecule has 0 radical (unpaired) electrons. The van der Waals surface area contributed by atoms with Gasteiger partial charge in [-0.15, -0.1) is 12.4 Å². The molecule has 0 unspecified atom stereocenters. The summed E-state index contributed by atoms with van der Waals surface area (Å²) in [5.41, 5.74) is 6.54. The Bertz CT molecular complexity index is 148. The van der Waals surface area contributed by atoms with Crippen LogP contribution in [0, 0.1) is 0 Å². The highest BCUT2D eigenvalue weighted by atomic mass is 35.5. The predicted molar refractivity (Wildman–Crippen MR) is 38.6 cm³/mol. The average Bonchev–Trinajstić information content (AvgIpc) is 2.12. The molecule has 0 aromatic carbocycles. The van der Waals surface area contributed by atoms with E-state index >= 15 is 0 Å². The molecule has 1 rings (SSSR count). The van der Waals surface area contributed by atoms with Crippen molar-refractivity contribution in [3.05, 3.63) is 24.2 Å². The van der Waals surface area contributed by atoms with Crippen molar-refractivity contribution in [2.45, 2.75) is 13.0 Å². The second-order valence-electron chi connectivity index (χ2n) is 1.85. The van der Waals surface area contributed by atoms with Gasteiger partial charge in [-0.25, -0.2) is 0 Å². The highest BCUT2D eigenvalue weighted by Crippen LogP contribution is 2.07. The molecule has 52 valence electrons. The van der Waals surface area contributed by atoms with E-state index in [4.69, 9.17) is 10.2 Å². The Morgan fingerprint density at radius 1 is 1.67 bits per heavy atom. The van der Waals surface area contributed by atoms with Crippen LogP contribution in [-0.4, -0.2) is 0 Å². The summed E-state index contributed by atoms with van der Waals surface area (Å²) in [6, 6.07) is 1.96. The van der Waals surface area contributed by atoms with E-state index in [1.807, 2.05) is 13.0 Å². The van der Waals surface area contributed by atoms with E-state index in [0.717, 1.165) is 5.56 Å².